The fourth-order valence-electron chi connectivity index (χ4n) is 2.36. The lowest BCUT2D eigenvalue weighted by Crippen LogP contribution is -2.34. The van der Waals surface area contributed by atoms with Gasteiger partial charge in [-0.2, -0.15) is 0 Å². The van der Waals surface area contributed by atoms with Crippen LogP contribution in [0.1, 0.15) is 29.8 Å². The number of ether oxygens (including phenoxy) is 1. The molecule has 6 nitrogen and oxygen atoms in total. The van der Waals surface area contributed by atoms with E-state index in [9.17, 15) is 9.59 Å². The number of anilines is 2. The van der Waals surface area contributed by atoms with Crippen molar-refractivity contribution in [3.8, 4) is 5.75 Å². The van der Waals surface area contributed by atoms with Gasteiger partial charge in [-0.3, -0.25) is 14.9 Å². The van der Waals surface area contributed by atoms with Gasteiger partial charge in [0.15, 0.2) is 5.11 Å². The zero-order chi connectivity index (χ0) is 20.0. The van der Waals surface area contributed by atoms with Crippen LogP contribution in [0, 0.1) is 12.8 Å². The summed E-state index contributed by atoms with van der Waals surface area (Å²) in [7, 11) is 1.52. The van der Waals surface area contributed by atoms with Crippen LogP contribution in [0.3, 0.4) is 0 Å². The quantitative estimate of drug-likeness (QED) is 0.684. The zero-order valence-electron chi connectivity index (χ0n) is 15.8. The molecule has 0 spiro atoms. The molecule has 0 fully saturated rings. The maximum absolute atomic E-state index is 12.5. The van der Waals surface area contributed by atoms with E-state index in [1.54, 1.807) is 36.4 Å². The average molecular weight is 385 g/mol. The van der Waals surface area contributed by atoms with Crippen molar-refractivity contribution in [1.29, 1.82) is 0 Å². The van der Waals surface area contributed by atoms with Gasteiger partial charge in [0, 0.05) is 17.3 Å². The number of benzene rings is 2. The van der Waals surface area contributed by atoms with E-state index in [4.69, 9.17) is 17.0 Å². The van der Waals surface area contributed by atoms with Crippen molar-refractivity contribution in [2.24, 2.45) is 5.92 Å². The Morgan fingerprint density at radius 3 is 2.15 bits per heavy atom. The predicted molar refractivity (Wildman–Crippen MR) is 111 cm³/mol. The molecule has 2 aromatic rings. The number of nitrogens with one attached hydrogen (secondary N) is 3. The topological polar surface area (TPSA) is 79.5 Å². The lowest BCUT2D eigenvalue weighted by Gasteiger charge is -2.13. The Kier molecular flexibility index (Phi) is 6.90. The maximum atomic E-state index is 12.5. The minimum absolute atomic E-state index is 0.0504. The summed E-state index contributed by atoms with van der Waals surface area (Å²) >= 11 is 5.21. The third-order valence-electron chi connectivity index (χ3n) is 3.82. The van der Waals surface area contributed by atoms with Crippen molar-refractivity contribution in [2.45, 2.75) is 20.8 Å². The highest BCUT2D eigenvalue weighted by molar-refractivity contribution is 7.80. The number of aryl methyl sites for hydroxylation is 1. The molecule has 27 heavy (non-hydrogen) atoms. The van der Waals surface area contributed by atoms with Crippen LogP contribution in [0.4, 0.5) is 11.4 Å². The second-order valence-electron chi connectivity index (χ2n) is 6.29. The van der Waals surface area contributed by atoms with E-state index in [0.29, 0.717) is 22.7 Å². The monoisotopic (exact) mass is 385 g/mol. The van der Waals surface area contributed by atoms with Crippen LogP contribution in [0.5, 0.6) is 5.75 Å². The molecule has 0 aromatic heterocycles. The third kappa shape index (κ3) is 5.52. The normalized spacial score (nSPS) is 10.3. The van der Waals surface area contributed by atoms with E-state index in [2.05, 4.69) is 16.0 Å². The van der Waals surface area contributed by atoms with Crippen LogP contribution in [0.15, 0.2) is 42.5 Å². The number of carbonyl (C=O) groups excluding carboxylic acids is 2. The average Bonchev–Trinajstić information content (AvgIpc) is 2.62. The molecule has 0 saturated heterocycles. The molecule has 0 aliphatic rings. The van der Waals surface area contributed by atoms with Gasteiger partial charge in [-0.05, 0) is 55.0 Å². The first-order valence-electron chi connectivity index (χ1n) is 8.48. The Labute approximate surface area is 164 Å². The van der Waals surface area contributed by atoms with E-state index in [1.165, 1.54) is 7.11 Å². The summed E-state index contributed by atoms with van der Waals surface area (Å²) in [5, 5.41) is 8.56. The second-order valence-corrected chi connectivity index (χ2v) is 6.69. The first kappa shape index (κ1) is 20.4. The number of hydrogen-bond acceptors (Lipinski definition) is 4. The molecule has 7 heteroatoms. The first-order chi connectivity index (χ1) is 12.8. The molecule has 0 radical (unpaired) electrons. The molecule has 3 N–H and O–H groups in total. The number of thiocarbonyl (C=S) groups is 1. The van der Waals surface area contributed by atoms with Gasteiger partial charge in [0.25, 0.3) is 5.91 Å². The van der Waals surface area contributed by atoms with Crippen LogP contribution < -0.4 is 20.7 Å². The Morgan fingerprint density at radius 2 is 1.59 bits per heavy atom. The van der Waals surface area contributed by atoms with Gasteiger partial charge >= 0.3 is 0 Å². The number of para-hydroxylation sites is 1. The molecular weight excluding hydrogens is 362 g/mol. The molecule has 2 amide bonds. The second kappa shape index (κ2) is 9.14. The number of rotatable bonds is 5. The van der Waals surface area contributed by atoms with Crippen molar-refractivity contribution in [2.75, 3.05) is 17.7 Å². The van der Waals surface area contributed by atoms with E-state index in [1.807, 2.05) is 26.8 Å². The molecule has 0 atom stereocenters. The number of hydrogen-bond donors (Lipinski definition) is 3. The van der Waals surface area contributed by atoms with Crippen molar-refractivity contribution in [1.82, 2.24) is 5.32 Å². The summed E-state index contributed by atoms with van der Waals surface area (Å²) in [6, 6.07) is 12.4. The highest BCUT2D eigenvalue weighted by Gasteiger charge is 2.15. The van der Waals surface area contributed by atoms with E-state index in [0.717, 1.165) is 5.56 Å². The van der Waals surface area contributed by atoms with E-state index >= 15 is 0 Å². The van der Waals surface area contributed by atoms with E-state index < -0.39 is 0 Å². The SMILES string of the molecule is COc1c(C)cccc1C(=O)NC(=S)Nc1ccc(NC(=O)C(C)C)cc1. The highest BCUT2D eigenvalue weighted by atomic mass is 32.1. The Morgan fingerprint density at radius 1 is 1.00 bits per heavy atom. The van der Waals surface area contributed by atoms with Crippen molar-refractivity contribution in [3.63, 3.8) is 0 Å². The van der Waals surface area contributed by atoms with Gasteiger partial charge in [-0.25, -0.2) is 0 Å². The van der Waals surface area contributed by atoms with Crippen LogP contribution in [0.2, 0.25) is 0 Å². The molecule has 0 bridgehead atoms. The lowest BCUT2D eigenvalue weighted by atomic mass is 10.1. The number of amides is 2. The van der Waals surface area contributed by atoms with Crippen molar-refractivity contribution < 1.29 is 14.3 Å². The molecule has 0 aliphatic heterocycles. The van der Waals surface area contributed by atoms with Gasteiger partial charge in [0.1, 0.15) is 5.75 Å². The fraction of sp³-hybridized carbons (Fsp3) is 0.250. The number of methoxy groups -OCH3 is 1. The fourth-order valence-corrected chi connectivity index (χ4v) is 2.57. The van der Waals surface area contributed by atoms with Crippen molar-refractivity contribution in [3.05, 3.63) is 53.6 Å². The summed E-state index contributed by atoms with van der Waals surface area (Å²) < 4.78 is 5.30. The summed E-state index contributed by atoms with van der Waals surface area (Å²) in [5.41, 5.74) is 2.66. The molecule has 0 saturated carbocycles. The molecule has 0 unspecified atom stereocenters. The minimum atomic E-state index is -0.353. The summed E-state index contributed by atoms with van der Waals surface area (Å²) in [4.78, 5) is 24.2. The molecule has 0 aliphatic carbocycles. The minimum Gasteiger partial charge on any atom is -0.496 e. The molecular formula is C20H23N3O3S. The summed E-state index contributed by atoms with van der Waals surface area (Å²) in [5.74, 6) is 0.0201. The first-order valence-corrected chi connectivity index (χ1v) is 8.89. The smallest absolute Gasteiger partial charge is 0.261 e. The Bertz CT molecular complexity index is 848. The van der Waals surface area contributed by atoms with Crippen LogP contribution in [-0.2, 0) is 4.79 Å². The Balaban J connectivity index is 1.99. The van der Waals surface area contributed by atoms with E-state index in [-0.39, 0.29) is 22.8 Å². The third-order valence-corrected chi connectivity index (χ3v) is 4.03. The lowest BCUT2D eigenvalue weighted by molar-refractivity contribution is -0.118. The Hall–Kier alpha value is -2.93. The molecule has 0 heterocycles. The van der Waals surface area contributed by atoms with Gasteiger partial charge in [0.2, 0.25) is 5.91 Å². The van der Waals surface area contributed by atoms with Gasteiger partial charge < -0.3 is 15.4 Å². The number of carbonyl (C=O) groups is 2. The van der Waals surface area contributed by atoms with Gasteiger partial charge in [-0.1, -0.05) is 26.0 Å². The van der Waals surface area contributed by atoms with Crippen LogP contribution in [-0.4, -0.2) is 24.0 Å². The molecule has 2 rings (SSSR count). The predicted octanol–water partition coefficient (Wildman–Crippen LogP) is 3.72. The summed E-state index contributed by atoms with van der Waals surface area (Å²) in [6.07, 6.45) is 0. The standard InChI is InChI=1S/C20H23N3O3S/c1-12(2)18(24)21-14-8-10-15(11-9-14)22-20(27)23-19(25)16-7-5-6-13(3)17(16)26-4/h5-12H,1-4H3,(H,21,24)(H2,22,23,25,27). The molecule has 2 aromatic carbocycles. The van der Waals surface area contributed by atoms with Crippen LogP contribution >= 0.6 is 12.2 Å². The van der Waals surface area contributed by atoms with Gasteiger partial charge in [-0.15, -0.1) is 0 Å². The van der Waals surface area contributed by atoms with Crippen molar-refractivity contribution >= 4 is 40.5 Å². The summed E-state index contributed by atoms with van der Waals surface area (Å²) in [6.45, 7) is 5.52. The largest absolute Gasteiger partial charge is 0.496 e. The van der Waals surface area contributed by atoms with Gasteiger partial charge in [0.05, 0.1) is 12.7 Å². The maximum Gasteiger partial charge on any atom is 0.261 e. The molecule has 142 valence electrons. The van der Waals surface area contributed by atoms with Crippen LogP contribution in [0.25, 0.3) is 0 Å². The highest BCUT2D eigenvalue weighted by Crippen LogP contribution is 2.22. The zero-order valence-corrected chi connectivity index (χ0v) is 16.6.